The molecule has 2 fully saturated rings. The summed E-state index contributed by atoms with van der Waals surface area (Å²) in [5.41, 5.74) is -0.132. The maximum absolute atomic E-state index is 12.8. The molecule has 0 radical (unpaired) electrons. The molecule has 0 aliphatic carbocycles. The van der Waals surface area contributed by atoms with Crippen LogP contribution in [0.3, 0.4) is 0 Å². The molecule has 7 nitrogen and oxygen atoms in total. The predicted molar refractivity (Wildman–Crippen MR) is 92.3 cm³/mol. The van der Waals surface area contributed by atoms with Crippen molar-refractivity contribution in [3.8, 4) is 10.7 Å². The molecule has 2 aliphatic heterocycles. The van der Waals surface area contributed by atoms with E-state index < -0.39 is 5.60 Å². The number of piperidine rings is 1. The van der Waals surface area contributed by atoms with E-state index in [0.29, 0.717) is 31.0 Å². The number of ether oxygens (including phenoxy) is 1. The third-order valence-electron chi connectivity index (χ3n) is 4.61. The van der Waals surface area contributed by atoms with E-state index in [1.165, 1.54) is 0 Å². The second kappa shape index (κ2) is 6.11. The fourth-order valence-corrected chi connectivity index (χ4v) is 4.10. The quantitative estimate of drug-likeness (QED) is 0.823. The average Bonchev–Trinajstić information content (AvgIpc) is 3.24. The fourth-order valence-electron chi connectivity index (χ4n) is 3.43. The Balaban J connectivity index is 1.50. The maximum Gasteiger partial charge on any atom is 0.410 e. The van der Waals surface area contributed by atoms with Crippen LogP contribution in [0.5, 0.6) is 0 Å². The molecule has 0 N–H and O–H groups in total. The number of likely N-dealkylation sites (N-methyl/N-ethyl adjacent to an activating group) is 1. The van der Waals surface area contributed by atoms with E-state index in [4.69, 9.17) is 4.74 Å². The lowest BCUT2D eigenvalue weighted by molar-refractivity contribution is -0.00524. The van der Waals surface area contributed by atoms with Crippen LogP contribution in [0, 0.1) is 0 Å². The Morgan fingerprint density at radius 1 is 1.32 bits per heavy atom. The van der Waals surface area contributed by atoms with Crippen molar-refractivity contribution in [2.75, 3.05) is 26.7 Å². The molecular weight excluding hydrogens is 340 g/mol. The number of likely N-dealkylation sites (tertiary alicyclic amines) is 1. The average molecular weight is 358 g/mol. The zero-order valence-corrected chi connectivity index (χ0v) is 14.7. The van der Waals surface area contributed by atoms with E-state index in [-0.39, 0.29) is 12.0 Å². The largest absolute Gasteiger partial charge is 0.439 e. The number of carbonyl (C=O) groups excluding carboxylic acids is 2. The van der Waals surface area contributed by atoms with Gasteiger partial charge in [-0.1, -0.05) is 6.07 Å². The summed E-state index contributed by atoms with van der Waals surface area (Å²) in [5.74, 6) is 0.496. The van der Waals surface area contributed by atoms with Crippen molar-refractivity contribution in [2.45, 2.75) is 18.4 Å². The lowest BCUT2D eigenvalue weighted by atomic mass is 9.92. The summed E-state index contributed by atoms with van der Waals surface area (Å²) >= 11 is 1.56. The number of thiophene rings is 1. The van der Waals surface area contributed by atoms with Gasteiger partial charge in [-0.3, -0.25) is 4.79 Å². The number of amides is 2. The standard InChI is InChI=1S/C17H18N4O3S/c1-20-10-17(24-16(20)23)5-3-6-21(11-17)15(22)12-8-18-14(19-9-12)13-4-2-7-25-13/h2,4,7-9H,3,5-6,10-11H2,1H3. The van der Waals surface area contributed by atoms with Gasteiger partial charge >= 0.3 is 6.09 Å². The summed E-state index contributed by atoms with van der Waals surface area (Å²) in [7, 11) is 1.72. The van der Waals surface area contributed by atoms with Crippen LogP contribution in [-0.4, -0.2) is 64.1 Å². The van der Waals surface area contributed by atoms with E-state index in [1.807, 2.05) is 17.5 Å². The second-order valence-corrected chi connectivity index (χ2v) is 7.46. The van der Waals surface area contributed by atoms with Gasteiger partial charge in [-0.15, -0.1) is 11.3 Å². The number of nitrogens with zero attached hydrogens (tertiary/aromatic N) is 4. The van der Waals surface area contributed by atoms with Crippen LogP contribution >= 0.6 is 11.3 Å². The Hall–Kier alpha value is -2.48. The van der Waals surface area contributed by atoms with E-state index >= 15 is 0 Å². The highest BCUT2D eigenvalue weighted by molar-refractivity contribution is 7.13. The molecule has 130 valence electrons. The number of carbonyl (C=O) groups is 2. The normalized spacial score (nSPS) is 23.2. The summed E-state index contributed by atoms with van der Waals surface area (Å²) in [6, 6.07) is 3.89. The molecule has 2 aliphatic rings. The molecule has 8 heteroatoms. The minimum atomic E-state index is -0.586. The number of aromatic nitrogens is 2. The lowest BCUT2D eigenvalue weighted by Crippen LogP contribution is -2.52. The monoisotopic (exact) mass is 358 g/mol. The van der Waals surface area contributed by atoms with Gasteiger partial charge in [0.25, 0.3) is 5.91 Å². The first-order valence-corrected chi connectivity index (χ1v) is 9.04. The van der Waals surface area contributed by atoms with Crippen LogP contribution in [0.15, 0.2) is 29.9 Å². The molecule has 0 aromatic carbocycles. The summed E-state index contributed by atoms with van der Waals surface area (Å²) in [6.07, 6.45) is 4.40. The number of hydrogen-bond donors (Lipinski definition) is 0. The summed E-state index contributed by atoms with van der Waals surface area (Å²) in [5, 5.41) is 1.96. The molecule has 1 unspecified atom stereocenters. The van der Waals surface area contributed by atoms with Gasteiger partial charge in [0.1, 0.15) is 5.60 Å². The van der Waals surface area contributed by atoms with Crippen LogP contribution in [0.1, 0.15) is 23.2 Å². The van der Waals surface area contributed by atoms with Gasteiger partial charge in [0, 0.05) is 26.0 Å². The molecule has 2 saturated heterocycles. The van der Waals surface area contributed by atoms with Gasteiger partial charge in [0.05, 0.1) is 23.5 Å². The van der Waals surface area contributed by atoms with Crippen LogP contribution in [-0.2, 0) is 4.74 Å². The summed E-state index contributed by atoms with van der Waals surface area (Å²) in [4.78, 5) is 37.4. The molecule has 2 aromatic heterocycles. The molecule has 0 bridgehead atoms. The smallest absolute Gasteiger partial charge is 0.410 e. The summed E-state index contributed by atoms with van der Waals surface area (Å²) < 4.78 is 5.55. The van der Waals surface area contributed by atoms with Gasteiger partial charge in [0.15, 0.2) is 5.82 Å². The molecule has 4 heterocycles. The third kappa shape index (κ3) is 2.97. The molecule has 2 aromatic rings. The van der Waals surface area contributed by atoms with Crippen molar-refractivity contribution >= 4 is 23.3 Å². The first-order chi connectivity index (χ1) is 12.1. The topological polar surface area (TPSA) is 75.6 Å². The molecular formula is C17H18N4O3S. The van der Waals surface area contributed by atoms with Crippen LogP contribution in [0.25, 0.3) is 10.7 Å². The maximum atomic E-state index is 12.8. The molecule has 1 spiro atoms. The Morgan fingerprint density at radius 2 is 2.12 bits per heavy atom. The Bertz CT molecular complexity index is 793. The molecule has 4 rings (SSSR count). The SMILES string of the molecule is CN1CC2(CCCN(C(=O)c3cnc(-c4cccs4)nc3)C2)OC1=O. The number of hydrogen-bond acceptors (Lipinski definition) is 6. The van der Waals surface area contributed by atoms with Crippen LogP contribution in [0.2, 0.25) is 0 Å². The van der Waals surface area contributed by atoms with E-state index in [9.17, 15) is 9.59 Å². The molecule has 25 heavy (non-hydrogen) atoms. The Labute approximate surface area is 149 Å². The first-order valence-electron chi connectivity index (χ1n) is 8.16. The minimum Gasteiger partial charge on any atom is -0.439 e. The van der Waals surface area contributed by atoms with Crippen LogP contribution in [0.4, 0.5) is 4.79 Å². The predicted octanol–water partition coefficient (Wildman–Crippen LogP) is 2.26. The van der Waals surface area contributed by atoms with Crippen molar-refractivity contribution in [1.29, 1.82) is 0 Å². The van der Waals surface area contributed by atoms with E-state index in [2.05, 4.69) is 9.97 Å². The number of rotatable bonds is 2. The van der Waals surface area contributed by atoms with E-state index in [0.717, 1.165) is 17.7 Å². The Kier molecular flexibility index (Phi) is 3.91. The summed E-state index contributed by atoms with van der Waals surface area (Å²) in [6.45, 7) is 1.58. The fraction of sp³-hybridized carbons (Fsp3) is 0.412. The zero-order valence-electron chi connectivity index (χ0n) is 13.8. The van der Waals surface area contributed by atoms with Gasteiger partial charge in [-0.05, 0) is 24.3 Å². The van der Waals surface area contributed by atoms with E-state index in [1.54, 1.807) is 40.6 Å². The molecule has 2 amide bonds. The van der Waals surface area contributed by atoms with Gasteiger partial charge in [-0.2, -0.15) is 0 Å². The highest BCUT2D eigenvalue weighted by Crippen LogP contribution is 2.32. The lowest BCUT2D eigenvalue weighted by Gasteiger charge is -2.38. The van der Waals surface area contributed by atoms with Crippen molar-refractivity contribution in [2.24, 2.45) is 0 Å². The first kappa shape index (κ1) is 16.0. The molecule has 0 saturated carbocycles. The highest BCUT2D eigenvalue weighted by Gasteiger charge is 2.47. The third-order valence-corrected chi connectivity index (χ3v) is 5.47. The minimum absolute atomic E-state index is 0.123. The second-order valence-electron chi connectivity index (χ2n) is 6.51. The van der Waals surface area contributed by atoms with Gasteiger partial charge in [-0.25, -0.2) is 14.8 Å². The highest BCUT2D eigenvalue weighted by atomic mass is 32.1. The van der Waals surface area contributed by atoms with Crippen molar-refractivity contribution < 1.29 is 14.3 Å². The zero-order chi connectivity index (χ0) is 17.4. The molecule has 1 atom stereocenters. The van der Waals surface area contributed by atoms with Gasteiger partial charge in [0.2, 0.25) is 0 Å². The van der Waals surface area contributed by atoms with Crippen molar-refractivity contribution in [1.82, 2.24) is 19.8 Å². The van der Waals surface area contributed by atoms with Crippen LogP contribution < -0.4 is 0 Å². The van der Waals surface area contributed by atoms with Crippen molar-refractivity contribution in [3.05, 3.63) is 35.5 Å². The Morgan fingerprint density at radius 3 is 2.76 bits per heavy atom. The van der Waals surface area contributed by atoms with Gasteiger partial charge < -0.3 is 14.5 Å². The van der Waals surface area contributed by atoms with Crippen molar-refractivity contribution in [3.63, 3.8) is 0 Å².